The van der Waals surface area contributed by atoms with Gasteiger partial charge in [-0.05, 0) is 11.6 Å². The molecule has 0 atom stereocenters. The van der Waals surface area contributed by atoms with Gasteiger partial charge < -0.3 is 14.4 Å². The summed E-state index contributed by atoms with van der Waals surface area (Å²) >= 11 is 0. The molecule has 84 valence electrons. The van der Waals surface area contributed by atoms with Gasteiger partial charge in [0, 0.05) is 12.3 Å². The SMILES string of the molecule is COc1cc(Cn2cnnc2CO)ccn1. The molecule has 0 spiro atoms. The maximum absolute atomic E-state index is 9.03. The molecule has 2 heterocycles. The molecule has 2 aromatic heterocycles. The fourth-order valence-electron chi connectivity index (χ4n) is 1.39. The molecule has 0 radical (unpaired) electrons. The molecule has 6 nitrogen and oxygen atoms in total. The highest BCUT2D eigenvalue weighted by Gasteiger charge is 2.04. The Labute approximate surface area is 92.5 Å². The van der Waals surface area contributed by atoms with E-state index in [0.29, 0.717) is 18.2 Å². The molecule has 0 amide bonds. The van der Waals surface area contributed by atoms with E-state index in [1.165, 1.54) is 0 Å². The van der Waals surface area contributed by atoms with Gasteiger partial charge in [-0.2, -0.15) is 0 Å². The summed E-state index contributed by atoms with van der Waals surface area (Å²) < 4.78 is 6.80. The van der Waals surface area contributed by atoms with Gasteiger partial charge in [-0.15, -0.1) is 10.2 Å². The van der Waals surface area contributed by atoms with Crippen LogP contribution < -0.4 is 4.74 Å². The molecule has 2 aromatic rings. The minimum atomic E-state index is -0.123. The zero-order chi connectivity index (χ0) is 11.4. The first-order valence-corrected chi connectivity index (χ1v) is 4.80. The van der Waals surface area contributed by atoms with E-state index in [9.17, 15) is 0 Å². The monoisotopic (exact) mass is 220 g/mol. The average Bonchev–Trinajstić information content (AvgIpc) is 2.76. The van der Waals surface area contributed by atoms with E-state index >= 15 is 0 Å². The quantitative estimate of drug-likeness (QED) is 0.798. The summed E-state index contributed by atoms with van der Waals surface area (Å²) in [5.74, 6) is 1.10. The first-order chi connectivity index (χ1) is 7.83. The number of hydrogen-bond acceptors (Lipinski definition) is 5. The molecule has 6 heteroatoms. The van der Waals surface area contributed by atoms with Gasteiger partial charge in [0.1, 0.15) is 12.9 Å². The third-order valence-corrected chi connectivity index (χ3v) is 2.20. The normalized spacial score (nSPS) is 10.4. The molecule has 0 aliphatic carbocycles. The number of aromatic nitrogens is 4. The van der Waals surface area contributed by atoms with Gasteiger partial charge in [0.15, 0.2) is 5.82 Å². The molecule has 0 aliphatic rings. The number of pyridine rings is 1. The van der Waals surface area contributed by atoms with Crippen LogP contribution in [0.2, 0.25) is 0 Å². The summed E-state index contributed by atoms with van der Waals surface area (Å²) in [6.45, 7) is 0.462. The van der Waals surface area contributed by atoms with Crippen LogP contribution in [-0.2, 0) is 13.2 Å². The predicted molar refractivity (Wildman–Crippen MR) is 55.8 cm³/mol. The molecule has 0 aliphatic heterocycles. The highest BCUT2D eigenvalue weighted by molar-refractivity contribution is 5.20. The Hall–Kier alpha value is -1.95. The lowest BCUT2D eigenvalue weighted by molar-refractivity contribution is 0.265. The zero-order valence-electron chi connectivity index (χ0n) is 8.87. The van der Waals surface area contributed by atoms with Crippen molar-refractivity contribution in [2.24, 2.45) is 0 Å². The lowest BCUT2D eigenvalue weighted by Crippen LogP contribution is -2.04. The summed E-state index contributed by atoms with van der Waals surface area (Å²) in [5.41, 5.74) is 1.02. The summed E-state index contributed by atoms with van der Waals surface area (Å²) in [7, 11) is 1.57. The van der Waals surface area contributed by atoms with E-state index in [-0.39, 0.29) is 6.61 Å². The lowest BCUT2D eigenvalue weighted by atomic mass is 10.2. The van der Waals surface area contributed by atoms with Gasteiger partial charge in [0.25, 0.3) is 0 Å². The molecule has 0 fully saturated rings. The Kier molecular flexibility index (Phi) is 3.11. The molecular weight excluding hydrogens is 208 g/mol. The second-order valence-corrected chi connectivity index (χ2v) is 3.24. The number of hydrogen-bond donors (Lipinski definition) is 1. The molecule has 0 bridgehead atoms. The van der Waals surface area contributed by atoms with E-state index in [2.05, 4.69) is 15.2 Å². The van der Waals surface area contributed by atoms with E-state index in [0.717, 1.165) is 5.56 Å². The Morgan fingerprint density at radius 2 is 2.38 bits per heavy atom. The third kappa shape index (κ3) is 2.17. The van der Waals surface area contributed by atoms with Gasteiger partial charge in [-0.1, -0.05) is 0 Å². The Morgan fingerprint density at radius 3 is 3.12 bits per heavy atom. The van der Waals surface area contributed by atoms with Crippen molar-refractivity contribution in [2.75, 3.05) is 7.11 Å². The first kappa shape index (κ1) is 10.6. The van der Waals surface area contributed by atoms with E-state index in [4.69, 9.17) is 9.84 Å². The Morgan fingerprint density at radius 1 is 1.50 bits per heavy atom. The average molecular weight is 220 g/mol. The largest absolute Gasteiger partial charge is 0.481 e. The van der Waals surface area contributed by atoms with Crippen LogP contribution in [0.5, 0.6) is 5.88 Å². The van der Waals surface area contributed by atoms with E-state index in [1.807, 2.05) is 12.1 Å². The van der Waals surface area contributed by atoms with E-state index in [1.54, 1.807) is 24.2 Å². The van der Waals surface area contributed by atoms with Crippen LogP contribution in [0, 0.1) is 0 Å². The standard InChI is InChI=1S/C10H12N4O2/c1-16-10-4-8(2-3-11-10)5-14-7-12-13-9(14)6-15/h2-4,7,15H,5-6H2,1H3. The molecular formula is C10H12N4O2. The molecule has 0 aromatic carbocycles. The maximum atomic E-state index is 9.03. The summed E-state index contributed by atoms with van der Waals surface area (Å²) in [5, 5.41) is 16.6. The fraction of sp³-hybridized carbons (Fsp3) is 0.300. The van der Waals surface area contributed by atoms with Crippen molar-refractivity contribution in [3.05, 3.63) is 36.0 Å². The van der Waals surface area contributed by atoms with Crippen molar-refractivity contribution < 1.29 is 9.84 Å². The zero-order valence-corrected chi connectivity index (χ0v) is 8.87. The van der Waals surface area contributed by atoms with Gasteiger partial charge in [0.05, 0.1) is 13.7 Å². The number of ether oxygens (including phenoxy) is 1. The van der Waals surface area contributed by atoms with Gasteiger partial charge in [0.2, 0.25) is 5.88 Å². The minimum Gasteiger partial charge on any atom is -0.481 e. The highest BCUT2D eigenvalue weighted by atomic mass is 16.5. The number of aliphatic hydroxyl groups excluding tert-OH is 1. The summed E-state index contributed by atoms with van der Waals surface area (Å²) in [4.78, 5) is 4.02. The first-order valence-electron chi connectivity index (χ1n) is 4.80. The van der Waals surface area contributed by atoms with Gasteiger partial charge >= 0.3 is 0 Å². The van der Waals surface area contributed by atoms with Crippen LogP contribution in [-0.4, -0.2) is 32.0 Å². The van der Waals surface area contributed by atoms with Gasteiger partial charge in [-0.3, -0.25) is 0 Å². The smallest absolute Gasteiger partial charge is 0.213 e. The van der Waals surface area contributed by atoms with Crippen LogP contribution in [0.25, 0.3) is 0 Å². The van der Waals surface area contributed by atoms with E-state index < -0.39 is 0 Å². The second-order valence-electron chi connectivity index (χ2n) is 3.24. The number of methoxy groups -OCH3 is 1. The van der Waals surface area contributed by atoms with Crippen molar-refractivity contribution in [1.29, 1.82) is 0 Å². The van der Waals surface area contributed by atoms with Crippen LogP contribution in [0.4, 0.5) is 0 Å². The predicted octanol–water partition coefficient (Wildman–Crippen LogP) is 0.222. The van der Waals surface area contributed by atoms with Crippen molar-refractivity contribution in [3.8, 4) is 5.88 Å². The molecule has 1 N–H and O–H groups in total. The summed E-state index contributed by atoms with van der Waals surface area (Å²) in [6, 6.07) is 3.71. The molecule has 2 rings (SSSR count). The van der Waals surface area contributed by atoms with Crippen molar-refractivity contribution >= 4 is 0 Å². The molecule has 0 saturated heterocycles. The Bertz CT molecular complexity index is 469. The number of nitrogens with zero attached hydrogens (tertiary/aromatic N) is 4. The Balaban J connectivity index is 2.20. The van der Waals surface area contributed by atoms with Crippen molar-refractivity contribution in [2.45, 2.75) is 13.2 Å². The maximum Gasteiger partial charge on any atom is 0.213 e. The van der Waals surface area contributed by atoms with Crippen LogP contribution in [0.15, 0.2) is 24.7 Å². The number of rotatable bonds is 4. The van der Waals surface area contributed by atoms with Crippen molar-refractivity contribution in [1.82, 2.24) is 19.7 Å². The number of aliphatic hydroxyl groups is 1. The summed E-state index contributed by atoms with van der Waals surface area (Å²) in [6.07, 6.45) is 3.26. The minimum absolute atomic E-state index is 0.123. The van der Waals surface area contributed by atoms with Gasteiger partial charge in [-0.25, -0.2) is 4.98 Å². The molecule has 0 unspecified atom stereocenters. The highest BCUT2D eigenvalue weighted by Crippen LogP contribution is 2.10. The topological polar surface area (TPSA) is 73.1 Å². The lowest BCUT2D eigenvalue weighted by Gasteiger charge is -2.06. The van der Waals surface area contributed by atoms with Crippen molar-refractivity contribution in [3.63, 3.8) is 0 Å². The van der Waals surface area contributed by atoms with Crippen LogP contribution in [0.3, 0.4) is 0 Å². The molecule has 0 saturated carbocycles. The third-order valence-electron chi connectivity index (χ3n) is 2.20. The van der Waals surface area contributed by atoms with Crippen LogP contribution >= 0.6 is 0 Å². The fourth-order valence-corrected chi connectivity index (χ4v) is 1.39. The molecule has 16 heavy (non-hydrogen) atoms. The van der Waals surface area contributed by atoms with Crippen LogP contribution in [0.1, 0.15) is 11.4 Å². The second kappa shape index (κ2) is 4.71.